The third-order valence-electron chi connectivity index (χ3n) is 4.81. The van der Waals surface area contributed by atoms with Crippen molar-refractivity contribution in [3.05, 3.63) is 29.8 Å². The third kappa shape index (κ3) is 2.51. The van der Waals surface area contributed by atoms with E-state index in [-0.39, 0.29) is 5.41 Å². The van der Waals surface area contributed by atoms with Crippen molar-refractivity contribution >= 4 is 5.69 Å². The second kappa shape index (κ2) is 4.82. The van der Waals surface area contributed by atoms with E-state index in [0.29, 0.717) is 0 Å². The van der Waals surface area contributed by atoms with Gasteiger partial charge in [-0.3, -0.25) is 0 Å². The quantitative estimate of drug-likeness (QED) is 0.804. The maximum absolute atomic E-state index is 3.25. The molecule has 1 aromatic rings. The Kier molecular flexibility index (Phi) is 3.30. The summed E-state index contributed by atoms with van der Waals surface area (Å²) < 4.78 is 0. The lowest BCUT2D eigenvalue weighted by atomic mass is 9.87. The van der Waals surface area contributed by atoms with Gasteiger partial charge in [-0.25, -0.2) is 0 Å². The zero-order chi connectivity index (χ0) is 13.5. The van der Waals surface area contributed by atoms with Crippen LogP contribution in [-0.2, 0) is 5.41 Å². The molecule has 0 spiro atoms. The molecule has 0 N–H and O–H groups in total. The highest BCUT2D eigenvalue weighted by Crippen LogP contribution is 2.40. The van der Waals surface area contributed by atoms with E-state index in [4.69, 9.17) is 0 Å². The smallest absolute Gasteiger partial charge is 0.0411 e. The largest absolute Gasteiger partial charge is 0.370 e. The molecule has 1 aromatic carbocycles. The summed E-state index contributed by atoms with van der Waals surface area (Å²) in [7, 11) is 2.24. The molecule has 0 aromatic heterocycles. The van der Waals surface area contributed by atoms with E-state index in [0.717, 1.165) is 12.5 Å². The molecule has 2 nitrogen and oxygen atoms in total. The van der Waals surface area contributed by atoms with Crippen molar-refractivity contribution in [2.45, 2.75) is 32.1 Å². The van der Waals surface area contributed by atoms with Crippen molar-refractivity contribution in [3.8, 4) is 0 Å². The van der Waals surface area contributed by atoms with Crippen molar-refractivity contribution in [2.75, 3.05) is 38.1 Å². The van der Waals surface area contributed by atoms with Crippen LogP contribution < -0.4 is 4.90 Å². The monoisotopic (exact) mass is 257 g/mol. The van der Waals surface area contributed by atoms with Crippen LogP contribution in [0.5, 0.6) is 0 Å². The molecule has 1 saturated heterocycles. The van der Waals surface area contributed by atoms with Crippen LogP contribution in [0.25, 0.3) is 0 Å². The minimum Gasteiger partial charge on any atom is -0.370 e. The maximum Gasteiger partial charge on any atom is 0.0411 e. The number of anilines is 1. The van der Waals surface area contributed by atoms with Crippen LogP contribution in [0.4, 0.5) is 5.69 Å². The van der Waals surface area contributed by atoms with Gasteiger partial charge in [0.25, 0.3) is 0 Å². The summed E-state index contributed by atoms with van der Waals surface area (Å²) in [5.41, 5.74) is 3.21. The summed E-state index contributed by atoms with van der Waals surface area (Å²) in [6.45, 7) is 9.63. The molecule has 2 heterocycles. The summed E-state index contributed by atoms with van der Waals surface area (Å²) in [6, 6.07) is 9.74. The standard InChI is InChI=1S/C17H25N2/c1-17(2)13-19(16-7-5-4-6-15(16)17)12-14-8-10-18(3)11-9-14/h4,6-7,14H,8-13H2,1-3H3. The topological polar surface area (TPSA) is 6.48 Å². The van der Waals surface area contributed by atoms with Gasteiger partial charge >= 0.3 is 0 Å². The highest BCUT2D eigenvalue weighted by molar-refractivity contribution is 5.61. The van der Waals surface area contributed by atoms with Gasteiger partial charge in [0.2, 0.25) is 0 Å². The number of benzene rings is 1. The van der Waals surface area contributed by atoms with Crippen molar-refractivity contribution in [1.29, 1.82) is 0 Å². The van der Waals surface area contributed by atoms with Crippen molar-refractivity contribution in [2.24, 2.45) is 5.92 Å². The molecule has 0 bridgehead atoms. The first-order chi connectivity index (χ1) is 9.06. The summed E-state index contributed by atoms with van der Waals surface area (Å²) in [5, 5.41) is 0. The summed E-state index contributed by atoms with van der Waals surface area (Å²) in [5.74, 6) is 0.859. The number of hydrogen-bond acceptors (Lipinski definition) is 2. The van der Waals surface area contributed by atoms with Crippen LogP contribution in [0.3, 0.4) is 0 Å². The first-order valence-electron chi connectivity index (χ1n) is 7.50. The Morgan fingerprint density at radius 3 is 2.79 bits per heavy atom. The van der Waals surface area contributed by atoms with E-state index in [9.17, 15) is 0 Å². The Balaban J connectivity index is 1.73. The van der Waals surface area contributed by atoms with Gasteiger partial charge in [-0.2, -0.15) is 0 Å². The normalized spacial score (nSPS) is 23.6. The average molecular weight is 257 g/mol. The molecule has 0 unspecified atom stereocenters. The molecule has 0 aliphatic carbocycles. The number of rotatable bonds is 2. The van der Waals surface area contributed by atoms with Crippen molar-refractivity contribution < 1.29 is 0 Å². The van der Waals surface area contributed by atoms with E-state index >= 15 is 0 Å². The summed E-state index contributed by atoms with van der Waals surface area (Å²) in [6.07, 6.45) is 2.69. The van der Waals surface area contributed by atoms with Gasteiger partial charge in [-0.05, 0) is 56.6 Å². The summed E-state index contributed by atoms with van der Waals surface area (Å²) >= 11 is 0. The lowest BCUT2D eigenvalue weighted by Gasteiger charge is -2.33. The Morgan fingerprint density at radius 2 is 2.05 bits per heavy atom. The minimum absolute atomic E-state index is 0.288. The molecular formula is C17H25N2. The zero-order valence-corrected chi connectivity index (χ0v) is 12.4. The van der Waals surface area contributed by atoms with Crippen LogP contribution in [0.1, 0.15) is 32.3 Å². The second-order valence-corrected chi connectivity index (χ2v) is 6.95. The van der Waals surface area contributed by atoms with Gasteiger partial charge in [0.05, 0.1) is 0 Å². The number of hydrogen-bond donors (Lipinski definition) is 0. The van der Waals surface area contributed by atoms with Crippen LogP contribution in [0, 0.1) is 12.0 Å². The number of nitrogens with zero attached hydrogens (tertiary/aromatic N) is 2. The molecule has 0 saturated carbocycles. The predicted octanol–water partition coefficient (Wildman–Crippen LogP) is 2.93. The van der Waals surface area contributed by atoms with Crippen molar-refractivity contribution in [1.82, 2.24) is 4.90 Å². The van der Waals surface area contributed by atoms with E-state index < -0.39 is 0 Å². The predicted molar refractivity (Wildman–Crippen MR) is 80.7 cm³/mol. The minimum atomic E-state index is 0.288. The van der Waals surface area contributed by atoms with Gasteiger partial charge in [0.1, 0.15) is 0 Å². The lowest BCUT2D eigenvalue weighted by Crippen LogP contribution is -2.38. The fourth-order valence-corrected chi connectivity index (χ4v) is 3.62. The van der Waals surface area contributed by atoms with E-state index in [1.165, 1.54) is 43.7 Å². The Bertz CT molecular complexity index is 444. The molecule has 1 radical (unpaired) electrons. The fourth-order valence-electron chi connectivity index (χ4n) is 3.62. The fraction of sp³-hybridized carbons (Fsp3) is 0.647. The average Bonchev–Trinajstić information content (AvgIpc) is 2.65. The zero-order valence-electron chi connectivity index (χ0n) is 12.4. The lowest BCUT2D eigenvalue weighted by molar-refractivity contribution is 0.221. The number of likely N-dealkylation sites (tertiary alicyclic amines) is 1. The summed E-state index contributed by atoms with van der Waals surface area (Å²) in [4.78, 5) is 5.05. The van der Waals surface area contributed by atoms with Crippen LogP contribution >= 0.6 is 0 Å². The third-order valence-corrected chi connectivity index (χ3v) is 4.81. The molecule has 19 heavy (non-hydrogen) atoms. The van der Waals surface area contributed by atoms with E-state index in [2.05, 4.69) is 55.0 Å². The Labute approximate surface area is 117 Å². The van der Waals surface area contributed by atoms with Crippen molar-refractivity contribution in [3.63, 3.8) is 0 Å². The Hall–Kier alpha value is -1.02. The molecule has 0 amide bonds. The van der Waals surface area contributed by atoms with Gasteiger partial charge in [-0.15, -0.1) is 0 Å². The molecule has 2 aliphatic rings. The van der Waals surface area contributed by atoms with Gasteiger partial charge in [-0.1, -0.05) is 26.0 Å². The number of piperidine rings is 1. The maximum atomic E-state index is 3.25. The first-order valence-corrected chi connectivity index (χ1v) is 7.50. The molecule has 1 fully saturated rings. The molecule has 3 rings (SSSR count). The molecule has 103 valence electrons. The Morgan fingerprint density at radius 1 is 1.32 bits per heavy atom. The highest BCUT2D eigenvalue weighted by Gasteiger charge is 2.35. The second-order valence-electron chi connectivity index (χ2n) is 6.95. The molecule has 2 aliphatic heterocycles. The first kappa shape index (κ1) is 13.0. The van der Waals surface area contributed by atoms with E-state index in [1.807, 2.05) is 0 Å². The highest BCUT2D eigenvalue weighted by atomic mass is 15.2. The van der Waals surface area contributed by atoms with E-state index in [1.54, 1.807) is 0 Å². The van der Waals surface area contributed by atoms with Crippen LogP contribution in [0.15, 0.2) is 18.2 Å². The van der Waals surface area contributed by atoms with Gasteiger partial charge < -0.3 is 9.80 Å². The van der Waals surface area contributed by atoms with Gasteiger partial charge in [0.15, 0.2) is 0 Å². The van der Waals surface area contributed by atoms with Crippen LogP contribution in [0.2, 0.25) is 0 Å². The molecule has 2 heteroatoms. The van der Waals surface area contributed by atoms with Gasteiger partial charge in [0, 0.05) is 24.2 Å². The SMILES string of the molecule is CN1CCC(CN2CC(C)(C)c3cc[c]cc32)CC1. The molecular weight excluding hydrogens is 232 g/mol. The molecule has 0 atom stereocenters. The van der Waals surface area contributed by atoms with Crippen LogP contribution in [-0.4, -0.2) is 38.1 Å². The number of fused-ring (bicyclic) bond motifs is 1.